The molecule has 0 aromatic heterocycles. The molecule has 2 N–H and O–H groups in total. The number of nitrogens with two attached hydrogens (primary N) is 1. The number of ether oxygens (including phenoxy) is 1. The Balaban J connectivity index is 2.20. The van der Waals surface area contributed by atoms with E-state index in [0.29, 0.717) is 15.8 Å². The Morgan fingerprint density at radius 3 is 2.65 bits per heavy atom. The molecule has 0 amide bonds. The van der Waals surface area contributed by atoms with E-state index in [1.54, 1.807) is 12.1 Å². The largest absolute Gasteiger partial charge is 0.488 e. The zero-order chi connectivity index (χ0) is 14.7. The molecule has 106 valence electrons. The predicted octanol–water partition coefficient (Wildman–Crippen LogP) is 4.50. The Bertz CT molecular complexity index is 613. The zero-order valence-corrected chi connectivity index (χ0v) is 13.1. The highest BCUT2D eigenvalue weighted by Crippen LogP contribution is 2.26. The first kappa shape index (κ1) is 15.0. The second-order valence-electron chi connectivity index (χ2n) is 4.85. The van der Waals surface area contributed by atoms with Crippen molar-refractivity contribution in [2.75, 3.05) is 0 Å². The lowest BCUT2D eigenvalue weighted by Crippen LogP contribution is -2.08. The van der Waals surface area contributed by atoms with E-state index in [2.05, 4.69) is 15.9 Å². The number of benzene rings is 2. The maximum atomic E-state index is 13.8. The van der Waals surface area contributed by atoms with Gasteiger partial charge in [0, 0.05) is 21.6 Å². The minimum Gasteiger partial charge on any atom is -0.488 e. The molecule has 0 aliphatic rings. The number of halogens is 2. The van der Waals surface area contributed by atoms with Gasteiger partial charge in [0.2, 0.25) is 0 Å². The van der Waals surface area contributed by atoms with Crippen molar-refractivity contribution in [3.63, 3.8) is 0 Å². The van der Waals surface area contributed by atoms with E-state index >= 15 is 0 Å². The summed E-state index contributed by atoms with van der Waals surface area (Å²) in [4.78, 5) is 0. The maximum Gasteiger partial charge on any atom is 0.130 e. The van der Waals surface area contributed by atoms with Crippen LogP contribution in [0.5, 0.6) is 5.75 Å². The molecule has 0 saturated heterocycles. The Morgan fingerprint density at radius 2 is 2.00 bits per heavy atom. The highest BCUT2D eigenvalue weighted by molar-refractivity contribution is 9.10. The van der Waals surface area contributed by atoms with Crippen LogP contribution in [0.1, 0.15) is 29.7 Å². The molecule has 0 spiro atoms. The van der Waals surface area contributed by atoms with E-state index in [9.17, 15) is 4.39 Å². The molecule has 0 aliphatic carbocycles. The van der Waals surface area contributed by atoms with Crippen LogP contribution >= 0.6 is 15.9 Å². The van der Waals surface area contributed by atoms with Gasteiger partial charge in [0.1, 0.15) is 18.2 Å². The van der Waals surface area contributed by atoms with Gasteiger partial charge in [-0.2, -0.15) is 0 Å². The lowest BCUT2D eigenvalue weighted by molar-refractivity contribution is 0.295. The molecule has 2 aromatic rings. The molecule has 0 fully saturated rings. The van der Waals surface area contributed by atoms with E-state index in [1.165, 1.54) is 6.07 Å². The van der Waals surface area contributed by atoms with Gasteiger partial charge in [-0.25, -0.2) is 4.39 Å². The summed E-state index contributed by atoms with van der Waals surface area (Å²) in [6.45, 7) is 4.07. The van der Waals surface area contributed by atoms with Gasteiger partial charge >= 0.3 is 0 Å². The summed E-state index contributed by atoms with van der Waals surface area (Å²) in [5.41, 5.74) is 8.45. The lowest BCUT2D eigenvalue weighted by atomic mass is 10.1. The first-order valence-corrected chi connectivity index (χ1v) is 7.19. The highest BCUT2D eigenvalue weighted by atomic mass is 79.9. The SMILES string of the molecule is Cc1ccc([C@@H](C)N)c(OCc2ccc(Br)cc2F)c1. The van der Waals surface area contributed by atoms with Crippen LogP contribution in [0.3, 0.4) is 0 Å². The quantitative estimate of drug-likeness (QED) is 0.891. The fraction of sp³-hybridized carbons (Fsp3) is 0.250. The smallest absolute Gasteiger partial charge is 0.130 e. The number of aryl methyl sites for hydroxylation is 1. The van der Waals surface area contributed by atoms with Crippen LogP contribution in [0, 0.1) is 12.7 Å². The van der Waals surface area contributed by atoms with Crippen LogP contribution in [0.25, 0.3) is 0 Å². The third kappa shape index (κ3) is 3.58. The summed E-state index contributed by atoms with van der Waals surface area (Å²) in [5, 5.41) is 0. The standard InChI is InChI=1S/C16H17BrFNO/c1-10-3-6-14(11(2)19)16(7-10)20-9-12-4-5-13(17)8-15(12)18/h3-8,11H,9,19H2,1-2H3/t11-/m1/s1. The van der Waals surface area contributed by atoms with Gasteiger partial charge in [0.25, 0.3) is 0 Å². The molecule has 4 heteroatoms. The Hall–Kier alpha value is -1.39. The van der Waals surface area contributed by atoms with Gasteiger partial charge < -0.3 is 10.5 Å². The monoisotopic (exact) mass is 337 g/mol. The molecule has 0 saturated carbocycles. The third-order valence-corrected chi connectivity index (χ3v) is 3.55. The van der Waals surface area contributed by atoms with Crippen LogP contribution in [-0.2, 0) is 6.61 Å². The molecule has 2 aromatic carbocycles. The van der Waals surface area contributed by atoms with E-state index in [-0.39, 0.29) is 18.5 Å². The molecular weight excluding hydrogens is 321 g/mol. The average molecular weight is 338 g/mol. The fourth-order valence-electron chi connectivity index (χ4n) is 1.94. The second-order valence-corrected chi connectivity index (χ2v) is 5.77. The lowest BCUT2D eigenvalue weighted by Gasteiger charge is -2.15. The number of hydrogen-bond acceptors (Lipinski definition) is 2. The maximum absolute atomic E-state index is 13.8. The number of rotatable bonds is 4. The summed E-state index contributed by atoms with van der Waals surface area (Å²) >= 11 is 3.24. The molecular formula is C16H17BrFNO. The van der Waals surface area contributed by atoms with E-state index in [1.807, 2.05) is 32.0 Å². The summed E-state index contributed by atoms with van der Waals surface area (Å²) in [7, 11) is 0. The molecule has 20 heavy (non-hydrogen) atoms. The van der Waals surface area contributed by atoms with Crippen LogP contribution in [0.2, 0.25) is 0 Å². The van der Waals surface area contributed by atoms with Crippen molar-refractivity contribution in [3.05, 3.63) is 63.4 Å². The van der Waals surface area contributed by atoms with Crippen LogP contribution in [0.4, 0.5) is 4.39 Å². The minimum atomic E-state index is -0.283. The predicted molar refractivity (Wildman–Crippen MR) is 82.2 cm³/mol. The third-order valence-electron chi connectivity index (χ3n) is 3.06. The van der Waals surface area contributed by atoms with Gasteiger partial charge in [0.15, 0.2) is 0 Å². The van der Waals surface area contributed by atoms with Crippen molar-refractivity contribution in [2.24, 2.45) is 5.73 Å². The van der Waals surface area contributed by atoms with E-state index < -0.39 is 0 Å². The van der Waals surface area contributed by atoms with Gasteiger partial charge in [-0.1, -0.05) is 34.1 Å². The van der Waals surface area contributed by atoms with Crippen LogP contribution in [-0.4, -0.2) is 0 Å². The highest BCUT2D eigenvalue weighted by Gasteiger charge is 2.10. The molecule has 0 radical (unpaired) electrons. The van der Waals surface area contributed by atoms with Crippen molar-refractivity contribution in [3.8, 4) is 5.75 Å². The Kier molecular flexibility index (Phi) is 4.78. The van der Waals surface area contributed by atoms with Gasteiger partial charge in [-0.15, -0.1) is 0 Å². The Morgan fingerprint density at radius 1 is 1.25 bits per heavy atom. The minimum absolute atomic E-state index is 0.125. The summed E-state index contributed by atoms with van der Waals surface area (Å²) in [6.07, 6.45) is 0. The molecule has 0 aliphatic heterocycles. The molecule has 2 nitrogen and oxygen atoms in total. The zero-order valence-electron chi connectivity index (χ0n) is 11.5. The number of hydrogen-bond donors (Lipinski definition) is 1. The van der Waals surface area contributed by atoms with E-state index in [4.69, 9.17) is 10.5 Å². The van der Waals surface area contributed by atoms with Crippen LogP contribution in [0.15, 0.2) is 40.9 Å². The van der Waals surface area contributed by atoms with Gasteiger partial charge in [-0.3, -0.25) is 0 Å². The molecule has 1 atom stereocenters. The summed E-state index contributed by atoms with van der Waals surface area (Å²) < 4.78 is 20.2. The second kappa shape index (κ2) is 6.37. The summed E-state index contributed by atoms with van der Waals surface area (Å²) in [5.74, 6) is 0.427. The van der Waals surface area contributed by atoms with Crippen molar-refractivity contribution in [1.82, 2.24) is 0 Å². The molecule has 0 heterocycles. The van der Waals surface area contributed by atoms with E-state index in [0.717, 1.165) is 11.1 Å². The van der Waals surface area contributed by atoms with Gasteiger partial charge in [-0.05, 0) is 37.6 Å². The van der Waals surface area contributed by atoms with Gasteiger partial charge in [0.05, 0.1) is 0 Å². The van der Waals surface area contributed by atoms with Crippen molar-refractivity contribution in [1.29, 1.82) is 0 Å². The molecule has 2 rings (SSSR count). The van der Waals surface area contributed by atoms with Crippen molar-refractivity contribution < 1.29 is 9.13 Å². The van der Waals surface area contributed by atoms with Crippen LogP contribution < -0.4 is 10.5 Å². The fourth-order valence-corrected chi connectivity index (χ4v) is 2.27. The first-order chi connectivity index (χ1) is 9.47. The average Bonchev–Trinajstić information content (AvgIpc) is 2.37. The topological polar surface area (TPSA) is 35.2 Å². The summed E-state index contributed by atoms with van der Waals surface area (Å²) in [6, 6.07) is 10.7. The van der Waals surface area contributed by atoms with Crippen molar-refractivity contribution >= 4 is 15.9 Å². The first-order valence-electron chi connectivity index (χ1n) is 6.40. The molecule has 0 unspecified atom stereocenters. The molecule has 0 bridgehead atoms. The Labute approximate surface area is 126 Å². The van der Waals surface area contributed by atoms with Crippen molar-refractivity contribution in [2.45, 2.75) is 26.5 Å². The normalized spacial score (nSPS) is 12.2.